The zero-order valence-corrected chi connectivity index (χ0v) is 22.4. The van der Waals surface area contributed by atoms with E-state index in [0.29, 0.717) is 26.3 Å². The van der Waals surface area contributed by atoms with Gasteiger partial charge in [0.15, 0.2) is 0 Å². The van der Waals surface area contributed by atoms with Crippen molar-refractivity contribution in [1.82, 2.24) is 9.80 Å². The summed E-state index contributed by atoms with van der Waals surface area (Å²) < 4.78 is 45.1. The number of carbonyl (C=O) groups is 2. The first-order valence-electron chi connectivity index (χ1n) is 13.2. The Bertz CT molecular complexity index is 1510. The third kappa shape index (κ3) is 6.28. The molecule has 2 heterocycles. The van der Waals surface area contributed by atoms with Gasteiger partial charge in [-0.3, -0.25) is 19.7 Å². The molecule has 0 aromatic heterocycles. The minimum atomic E-state index is -4.53. The van der Waals surface area contributed by atoms with Crippen molar-refractivity contribution in [3.05, 3.63) is 118 Å². The molecule has 0 bridgehead atoms. The van der Waals surface area contributed by atoms with Gasteiger partial charge in [0.1, 0.15) is 11.7 Å². The molecule has 12 heteroatoms. The first-order valence-corrected chi connectivity index (χ1v) is 13.2. The molecule has 218 valence electrons. The predicted molar refractivity (Wildman–Crippen MR) is 147 cm³/mol. The summed E-state index contributed by atoms with van der Waals surface area (Å²) in [5.41, 5.74) is 0.158. The molecule has 0 saturated carbocycles. The minimum Gasteiger partial charge on any atom is -0.378 e. The van der Waals surface area contributed by atoms with E-state index in [0.717, 1.165) is 17.7 Å². The van der Waals surface area contributed by atoms with Gasteiger partial charge in [0, 0.05) is 43.5 Å². The molecule has 1 fully saturated rings. The summed E-state index contributed by atoms with van der Waals surface area (Å²) in [5.74, 6) is -0.798. The Balaban J connectivity index is 1.49. The zero-order valence-electron chi connectivity index (χ0n) is 22.4. The number of carbonyl (C=O) groups excluding carboxylic acids is 2. The summed E-state index contributed by atoms with van der Waals surface area (Å²) in [5, 5.41) is 12.2. The molecule has 3 aromatic carbocycles. The van der Waals surface area contributed by atoms with Gasteiger partial charge in [-0.05, 0) is 35.4 Å². The lowest BCUT2D eigenvalue weighted by Crippen LogP contribution is -2.50. The SMILES string of the molecule is O=C1[C@H](Cc2ccccc2)N(c2ccc(C(=O)N3CCOCC3)cc2[N+](=O)[O-])C=CN1Cc1cccc(C(F)(F)F)c1. The molecule has 3 aromatic rings. The Labute approximate surface area is 239 Å². The van der Waals surface area contributed by atoms with Crippen LogP contribution in [0, 0.1) is 10.1 Å². The fourth-order valence-electron chi connectivity index (χ4n) is 5.05. The second-order valence-electron chi connectivity index (χ2n) is 9.94. The lowest BCUT2D eigenvalue weighted by atomic mass is 10.00. The number of alkyl halides is 3. The fraction of sp³-hybridized carbons (Fsp3) is 0.267. The Morgan fingerprint density at radius 2 is 1.67 bits per heavy atom. The van der Waals surface area contributed by atoms with Crippen molar-refractivity contribution in [1.29, 1.82) is 0 Å². The van der Waals surface area contributed by atoms with Gasteiger partial charge in [-0.2, -0.15) is 13.2 Å². The third-order valence-electron chi connectivity index (χ3n) is 7.19. The molecule has 5 rings (SSSR count). The smallest absolute Gasteiger partial charge is 0.378 e. The van der Waals surface area contributed by atoms with Crippen LogP contribution in [-0.2, 0) is 28.7 Å². The molecule has 0 aliphatic carbocycles. The largest absolute Gasteiger partial charge is 0.416 e. The number of nitro benzene ring substituents is 1. The number of hydrogen-bond acceptors (Lipinski definition) is 6. The summed E-state index contributed by atoms with van der Waals surface area (Å²) in [4.78, 5) is 42.8. The van der Waals surface area contributed by atoms with Crippen molar-refractivity contribution in [2.75, 3.05) is 31.2 Å². The van der Waals surface area contributed by atoms with Crippen LogP contribution in [0.5, 0.6) is 0 Å². The number of halogens is 3. The summed E-state index contributed by atoms with van der Waals surface area (Å²) >= 11 is 0. The number of nitro groups is 1. The van der Waals surface area contributed by atoms with Gasteiger partial charge in [0.2, 0.25) is 5.91 Å². The van der Waals surface area contributed by atoms with Gasteiger partial charge >= 0.3 is 6.18 Å². The Morgan fingerprint density at radius 3 is 2.36 bits per heavy atom. The van der Waals surface area contributed by atoms with Crippen molar-refractivity contribution < 1.29 is 32.4 Å². The van der Waals surface area contributed by atoms with E-state index in [9.17, 15) is 32.9 Å². The van der Waals surface area contributed by atoms with E-state index in [1.54, 1.807) is 17.0 Å². The average Bonchev–Trinajstić information content (AvgIpc) is 2.99. The van der Waals surface area contributed by atoms with Gasteiger partial charge in [0.25, 0.3) is 11.6 Å². The highest BCUT2D eigenvalue weighted by molar-refractivity contribution is 5.96. The topological polar surface area (TPSA) is 96.2 Å². The average molecular weight is 581 g/mol. The second kappa shape index (κ2) is 12.0. The van der Waals surface area contributed by atoms with E-state index >= 15 is 0 Å². The molecule has 2 aliphatic heterocycles. The quantitative estimate of drug-likeness (QED) is 0.288. The maximum Gasteiger partial charge on any atom is 0.416 e. The van der Waals surface area contributed by atoms with E-state index in [-0.39, 0.29) is 41.4 Å². The van der Waals surface area contributed by atoms with Crippen molar-refractivity contribution in [2.24, 2.45) is 0 Å². The highest BCUT2D eigenvalue weighted by Gasteiger charge is 2.36. The molecular weight excluding hydrogens is 553 g/mol. The Hall–Kier alpha value is -4.71. The van der Waals surface area contributed by atoms with Crippen LogP contribution in [-0.4, -0.2) is 58.9 Å². The first-order chi connectivity index (χ1) is 20.1. The van der Waals surface area contributed by atoms with E-state index < -0.39 is 28.6 Å². The summed E-state index contributed by atoms with van der Waals surface area (Å²) in [6.07, 6.45) is -1.44. The van der Waals surface area contributed by atoms with Crippen LogP contribution >= 0.6 is 0 Å². The summed E-state index contributed by atoms with van der Waals surface area (Å²) in [6.45, 7) is 1.39. The highest BCUT2D eigenvalue weighted by atomic mass is 19.4. The van der Waals surface area contributed by atoms with E-state index in [1.807, 2.05) is 18.2 Å². The number of nitrogens with zero attached hydrogens (tertiary/aromatic N) is 4. The van der Waals surface area contributed by atoms with Crippen LogP contribution < -0.4 is 4.90 Å². The maximum absolute atomic E-state index is 13.8. The van der Waals surface area contributed by atoms with Crippen molar-refractivity contribution >= 4 is 23.2 Å². The molecule has 2 amide bonds. The van der Waals surface area contributed by atoms with Crippen molar-refractivity contribution in [3.63, 3.8) is 0 Å². The number of ether oxygens (including phenoxy) is 1. The van der Waals surface area contributed by atoms with Crippen molar-refractivity contribution in [2.45, 2.75) is 25.2 Å². The lowest BCUT2D eigenvalue weighted by Gasteiger charge is -2.37. The van der Waals surface area contributed by atoms with Crippen LogP contribution in [0.15, 0.2) is 85.2 Å². The number of rotatable bonds is 7. The molecule has 0 radical (unpaired) electrons. The highest BCUT2D eigenvalue weighted by Crippen LogP contribution is 2.35. The normalized spacial score (nSPS) is 17.5. The van der Waals surface area contributed by atoms with Gasteiger partial charge in [-0.25, -0.2) is 0 Å². The predicted octanol–water partition coefficient (Wildman–Crippen LogP) is 5.02. The number of anilines is 1. The van der Waals surface area contributed by atoms with E-state index in [1.165, 1.54) is 52.5 Å². The van der Waals surface area contributed by atoms with Crippen LogP contribution in [0.25, 0.3) is 0 Å². The Kier molecular flexibility index (Phi) is 8.25. The fourth-order valence-corrected chi connectivity index (χ4v) is 5.05. The van der Waals surface area contributed by atoms with Crippen LogP contribution in [0.1, 0.15) is 27.0 Å². The molecule has 1 saturated heterocycles. The molecule has 2 aliphatic rings. The number of morpholine rings is 1. The standard InChI is InChI=1S/C30H27F3N4O5/c31-30(32,33)24-8-4-7-22(17-24)20-35-11-12-36(27(29(35)39)18-21-5-2-1-3-6-21)25-10-9-23(19-26(25)37(40)41)28(38)34-13-15-42-16-14-34/h1-12,17,19,27H,13-16,18,20H2/t27-/m0/s1. The molecule has 9 nitrogen and oxygen atoms in total. The monoisotopic (exact) mass is 580 g/mol. The molecule has 42 heavy (non-hydrogen) atoms. The molecule has 1 atom stereocenters. The summed E-state index contributed by atoms with van der Waals surface area (Å²) in [6, 6.07) is 17.0. The molecule has 0 unspecified atom stereocenters. The molecule has 0 N–H and O–H groups in total. The van der Waals surface area contributed by atoms with E-state index in [4.69, 9.17) is 4.74 Å². The maximum atomic E-state index is 13.8. The summed E-state index contributed by atoms with van der Waals surface area (Å²) in [7, 11) is 0. The van der Waals surface area contributed by atoms with Gasteiger partial charge in [-0.15, -0.1) is 0 Å². The number of benzene rings is 3. The lowest BCUT2D eigenvalue weighted by molar-refractivity contribution is -0.384. The minimum absolute atomic E-state index is 0.114. The van der Waals surface area contributed by atoms with Gasteiger partial charge in [0.05, 0.1) is 30.2 Å². The first kappa shape index (κ1) is 28.8. The third-order valence-corrected chi connectivity index (χ3v) is 7.19. The Morgan fingerprint density at radius 1 is 0.952 bits per heavy atom. The second-order valence-corrected chi connectivity index (χ2v) is 9.94. The number of amides is 2. The molecule has 0 spiro atoms. The number of hydrogen-bond donors (Lipinski definition) is 0. The zero-order chi connectivity index (χ0) is 29.9. The van der Waals surface area contributed by atoms with Gasteiger partial charge in [-0.1, -0.05) is 42.5 Å². The van der Waals surface area contributed by atoms with Crippen LogP contribution in [0.4, 0.5) is 24.5 Å². The van der Waals surface area contributed by atoms with Crippen LogP contribution in [0.2, 0.25) is 0 Å². The van der Waals surface area contributed by atoms with Gasteiger partial charge < -0.3 is 19.4 Å². The molecular formula is C30H27F3N4O5. The van der Waals surface area contributed by atoms with E-state index in [2.05, 4.69) is 0 Å². The van der Waals surface area contributed by atoms with Crippen molar-refractivity contribution in [3.8, 4) is 0 Å². The van der Waals surface area contributed by atoms with Crippen LogP contribution in [0.3, 0.4) is 0 Å².